The highest BCUT2D eigenvalue weighted by atomic mass is 33.1. The third-order valence-corrected chi connectivity index (χ3v) is 9.70. The molecule has 10 nitrogen and oxygen atoms in total. The van der Waals surface area contributed by atoms with Gasteiger partial charge in [0.1, 0.15) is 13.2 Å². The van der Waals surface area contributed by atoms with Gasteiger partial charge in [-0.1, -0.05) is 36.4 Å². The first-order valence-electron chi connectivity index (χ1n) is 15.7. The van der Waals surface area contributed by atoms with E-state index in [1.165, 1.54) is 36.4 Å². The standard InChI is InChI=1S/C36H24F6N4O6S2/c37-35(38,39)21-7-5-9-23(19-21)43-33(51-17-15-45-29(47)25-11-1-2-12-26(25)30(45)48)53-54-34(44-24-10-6-8-22(20-24)36(40,41)42)52-18-16-46-31(49)27-13-3-4-14-28(27)32(46)50/h1-14,19-20H,15-18H2. The maximum absolute atomic E-state index is 13.5. The fourth-order valence-corrected chi connectivity index (χ4v) is 6.90. The maximum atomic E-state index is 13.5. The number of amides is 4. The van der Waals surface area contributed by atoms with Crippen molar-refractivity contribution < 1.29 is 55.0 Å². The SMILES string of the molecule is O=C1c2ccccc2C(=O)N1CCOC(=Nc1cccc(C(F)(F)F)c1)SSC(=Nc1cccc(C(F)(F)F)c1)OCCN1C(=O)c2ccccc2C1=O. The number of fused-ring (bicyclic) bond motifs is 2. The zero-order valence-corrected chi connectivity index (χ0v) is 29.0. The van der Waals surface area contributed by atoms with Crippen LogP contribution in [0.5, 0.6) is 0 Å². The number of carbonyl (C=O) groups excluding carboxylic acids is 4. The van der Waals surface area contributed by atoms with Gasteiger partial charge >= 0.3 is 12.4 Å². The molecule has 4 aromatic rings. The number of alkyl halides is 6. The molecular formula is C36H24F6N4O6S2. The fourth-order valence-electron chi connectivity index (χ4n) is 5.27. The lowest BCUT2D eigenvalue weighted by atomic mass is 10.1. The van der Waals surface area contributed by atoms with Gasteiger partial charge in [0.05, 0.1) is 57.8 Å². The predicted octanol–water partition coefficient (Wildman–Crippen LogP) is 8.41. The van der Waals surface area contributed by atoms with Crippen molar-refractivity contribution in [2.24, 2.45) is 9.98 Å². The second-order valence-electron chi connectivity index (χ2n) is 11.3. The Bertz CT molecular complexity index is 1970. The Hall–Kier alpha value is -5.62. The molecule has 18 heteroatoms. The second-order valence-corrected chi connectivity index (χ2v) is 13.4. The molecular weight excluding hydrogens is 763 g/mol. The molecule has 2 aliphatic heterocycles. The number of nitrogens with zero attached hydrogens (tertiary/aromatic N) is 4. The zero-order chi connectivity index (χ0) is 38.6. The van der Waals surface area contributed by atoms with Crippen molar-refractivity contribution in [3.63, 3.8) is 0 Å². The molecule has 0 spiro atoms. The van der Waals surface area contributed by atoms with Gasteiger partial charge in [0.2, 0.25) is 0 Å². The van der Waals surface area contributed by atoms with Crippen molar-refractivity contribution in [2.45, 2.75) is 12.4 Å². The van der Waals surface area contributed by atoms with Crippen LogP contribution in [-0.2, 0) is 21.8 Å². The number of imide groups is 2. The highest BCUT2D eigenvalue weighted by Gasteiger charge is 2.36. The van der Waals surface area contributed by atoms with Gasteiger partial charge in [-0.15, -0.1) is 0 Å². The van der Waals surface area contributed by atoms with E-state index in [-0.39, 0.29) is 70.4 Å². The average Bonchev–Trinajstić information content (AvgIpc) is 3.53. The molecule has 6 rings (SSSR count). The number of carbonyl (C=O) groups is 4. The zero-order valence-electron chi connectivity index (χ0n) is 27.4. The quantitative estimate of drug-likeness (QED) is 0.0575. The minimum absolute atomic E-state index is 0.184. The van der Waals surface area contributed by atoms with Crippen LogP contribution in [0.1, 0.15) is 52.6 Å². The fraction of sp³-hybridized carbons (Fsp3) is 0.167. The van der Waals surface area contributed by atoms with Crippen LogP contribution in [0.2, 0.25) is 0 Å². The Labute approximate surface area is 310 Å². The Kier molecular flexibility index (Phi) is 11.1. The minimum atomic E-state index is -4.70. The molecule has 0 unspecified atom stereocenters. The Balaban J connectivity index is 1.23. The van der Waals surface area contributed by atoms with E-state index in [0.717, 1.165) is 46.2 Å². The van der Waals surface area contributed by atoms with Crippen molar-refractivity contribution in [3.05, 3.63) is 130 Å². The van der Waals surface area contributed by atoms with Crippen LogP contribution in [0.25, 0.3) is 0 Å². The Morgan fingerprint density at radius 2 is 0.852 bits per heavy atom. The molecule has 54 heavy (non-hydrogen) atoms. The molecule has 4 amide bonds. The molecule has 0 atom stereocenters. The lowest BCUT2D eigenvalue weighted by Crippen LogP contribution is -2.33. The summed E-state index contributed by atoms with van der Waals surface area (Å²) in [6.07, 6.45) is -9.39. The monoisotopic (exact) mass is 786 g/mol. The molecule has 0 aliphatic carbocycles. The van der Waals surface area contributed by atoms with Crippen molar-refractivity contribution in [3.8, 4) is 0 Å². The van der Waals surface area contributed by atoms with Gasteiger partial charge in [0.15, 0.2) is 0 Å². The molecule has 0 saturated carbocycles. The number of aliphatic imine (C=N–C) groups is 2. The number of halogens is 6. The van der Waals surface area contributed by atoms with Gasteiger partial charge in [0.25, 0.3) is 34.1 Å². The lowest BCUT2D eigenvalue weighted by molar-refractivity contribution is -0.138. The third-order valence-electron chi connectivity index (χ3n) is 7.81. The molecule has 0 N–H and O–H groups in total. The Morgan fingerprint density at radius 3 is 1.17 bits per heavy atom. The van der Waals surface area contributed by atoms with E-state index in [1.807, 2.05) is 0 Å². The van der Waals surface area contributed by atoms with Crippen LogP contribution in [0.3, 0.4) is 0 Å². The van der Waals surface area contributed by atoms with E-state index in [1.54, 1.807) is 24.3 Å². The smallest absolute Gasteiger partial charge is 0.416 e. The van der Waals surface area contributed by atoms with Crippen LogP contribution >= 0.6 is 21.6 Å². The molecule has 2 aliphatic rings. The maximum Gasteiger partial charge on any atom is 0.416 e. The summed E-state index contributed by atoms with van der Waals surface area (Å²) in [5, 5.41) is -0.590. The summed E-state index contributed by atoms with van der Waals surface area (Å²) in [6, 6.07) is 20.3. The van der Waals surface area contributed by atoms with E-state index >= 15 is 0 Å². The first-order valence-corrected chi connectivity index (χ1v) is 17.9. The van der Waals surface area contributed by atoms with Gasteiger partial charge in [-0.25, -0.2) is 9.98 Å². The van der Waals surface area contributed by atoms with Crippen LogP contribution in [0.4, 0.5) is 37.7 Å². The summed E-state index contributed by atoms with van der Waals surface area (Å²) >= 11 is 0. The molecule has 0 saturated heterocycles. The highest BCUT2D eigenvalue weighted by Crippen LogP contribution is 2.35. The average molecular weight is 787 g/mol. The molecule has 278 valence electrons. The first kappa shape index (κ1) is 38.1. The van der Waals surface area contributed by atoms with Crippen LogP contribution in [-0.4, -0.2) is 70.2 Å². The number of hydrogen-bond acceptors (Lipinski definition) is 10. The van der Waals surface area contributed by atoms with Crippen LogP contribution < -0.4 is 0 Å². The molecule has 0 radical (unpaired) electrons. The topological polar surface area (TPSA) is 118 Å². The molecule has 0 aromatic heterocycles. The number of hydrogen-bond donors (Lipinski definition) is 0. The van der Waals surface area contributed by atoms with E-state index in [4.69, 9.17) is 9.47 Å². The molecule has 4 aromatic carbocycles. The van der Waals surface area contributed by atoms with Gasteiger partial charge in [-0.2, -0.15) is 26.3 Å². The third kappa shape index (κ3) is 8.60. The van der Waals surface area contributed by atoms with Gasteiger partial charge < -0.3 is 9.47 Å². The molecule has 0 fully saturated rings. The lowest BCUT2D eigenvalue weighted by Gasteiger charge is -2.16. The normalized spacial score (nSPS) is 14.9. The minimum Gasteiger partial charge on any atom is -0.470 e. The number of benzene rings is 4. The highest BCUT2D eigenvalue weighted by molar-refractivity contribution is 8.87. The summed E-state index contributed by atoms with van der Waals surface area (Å²) < 4.78 is 92.4. The summed E-state index contributed by atoms with van der Waals surface area (Å²) in [5.74, 6) is -2.28. The second kappa shape index (κ2) is 15.8. The van der Waals surface area contributed by atoms with Gasteiger partial charge in [-0.05, 0) is 60.7 Å². The largest absolute Gasteiger partial charge is 0.470 e. The van der Waals surface area contributed by atoms with Crippen molar-refractivity contribution in [2.75, 3.05) is 26.3 Å². The van der Waals surface area contributed by atoms with Crippen LogP contribution in [0, 0.1) is 0 Å². The van der Waals surface area contributed by atoms with E-state index < -0.39 is 47.1 Å². The van der Waals surface area contributed by atoms with Crippen molar-refractivity contribution in [1.82, 2.24) is 9.80 Å². The van der Waals surface area contributed by atoms with Crippen LogP contribution in [0.15, 0.2) is 107 Å². The van der Waals surface area contributed by atoms with Gasteiger partial charge in [0, 0.05) is 21.6 Å². The van der Waals surface area contributed by atoms with Gasteiger partial charge in [-0.3, -0.25) is 29.0 Å². The molecule has 2 heterocycles. The van der Waals surface area contributed by atoms with Crippen molar-refractivity contribution in [1.29, 1.82) is 0 Å². The van der Waals surface area contributed by atoms with E-state index in [0.29, 0.717) is 21.6 Å². The number of rotatable bonds is 8. The van der Waals surface area contributed by atoms with E-state index in [2.05, 4.69) is 9.98 Å². The molecule has 0 bridgehead atoms. The number of ether oxygens (including phenoxy) is 2. The summed E-state index contributed by atoms with van der Waals surface area (Å²) in [6.45, 7) is -1.22. The summed E-state index contributed by atoms with van der Waals surface area (Å²) in [7, 11) is 1.32. The first-order chi connectivity index (χ1) is 25.7. The summed E-state index contributed by atoms with van der Waals surface area (Å²) in [4.78, 5) is 61.6. The summed E-state index contributed by atoms with van der Waals surface area (Å²) in [5.41, 5.74) is -1.60. The predicted molar refractivity (Wildman–Crippen MR) is 188 cm³/mol. The van der Waals surface area contributed by atoms with E-state index in [9.17, 15) is 45.5 Å². The Morgan fingerprint density at radius 1 is 0.519 bits per heavy atom. The van der Waals surface area contributed by atoms with Crippen molar-refractivity contribution >= 4 is 67.1 Å².